The Morgan fingerprint density at radius 3 is 2.67 bits per heavy atom. The Morgan fingerprint density at radius 2 is 1.94 bits per heavy atom. The van der Waals surface area contributed by atoms with Crippen LogP contribution in [0.15, 0.2) is 40.8 Å². The maximum atomic E-state index is 5.88. The highest BCUT2D eigenvalue weighted by molar-refractivity contribution is 5.57. The molecule has 0 bridgehead atoms. The smallest absolute Gasteiger partial charge is 0.134 e. The second kappa shape index (κ2) is 4.96. The van der Waals surface area contributed by atoms with Crippen LogP contribution in [0.2, 0.25) is 0 Å². The minimum atomic E-state index is 0.0398. The summed E-state index contributed by atoms with van der Waals surface area (Å²) in [6, 6.07) is 12.4. The number of rotatable bonds is 2. The monoisotopic (exact) mass is 243 g/mol. The molecule has 3 heteroatoms. The largest absolute Gasteiger partial charge is 0.458 e. The standard InChI is InChI=1S/C15H17NO2/c1-11-2-4-12(5-3-11)13-6-7-14(18-13)15-10-16-8-9-17-15/h2-7,15-16H,8-10H2,1H3. The molecule has 0 amide bonds. The molecule has 18 heavy (non-hydrogen) atoms. The van der Waals surface area contributed by atoms with Gasteiger partial charge in [-0.25, -0.2) is 0 Å². The molecule has 1 atom stereocenters. The third-order valence-corrected chi connectivity index (χ3v) is 3.21. The van der Waals surface area contributed by atoms with E-state index in [0.717, 1.165) is 36.8 Å². The van der Waals surface area contributed by atoms with Gasteiger partial charge in [-0.1, -0.05) is 29.8 Å². The van der Waals surface area contributed by atoms with E-state index < -0.39 is 0 Å². The summed E-state index contributed by atoms with van der Waals surface area (Å²) in [6.45, 7) is 4.56. The van der Waals surface area contributed by atoms with Crippen molar-refractivity contribution in [3.05, 3.63) is 47.7 Å². The molecule has 2 heterocycles. The minimum absolute atomic E-state index is 0.0398. The number of aryl methyl sites for hydroxylation is 1. The van der Waals surface area contributed by atoms with E-state index in [1.807, 2.05) is 12.1 Å². The zero-order chi connectivity index (χ0) is 12.4. The van der Waals surface area contributed by atoms with Crippen molar-refractivity contribution in [1.82, 2.24) is 5.32 Å². The number of furan rings is 1. The van der Waals surface area contributed by atoms with Crippen molar-refractivity contribution in [3.63, 3.8) is 0 Å². The Hall–Kier alpha value is -1.58. The van der Waals surface area contributed by atoms with Crippen LogP contribution in [0.5, 0.6) is 0 Å². The van der Waals surface area contributed by atoms with Crippen LogP contribution in [0.3, 0.4) is 0 Å². The fraction of sp³-hybridized carbons (Fsp3) is 0.333. The molecule has 0 aliphatic carbocycles. The summed E-state index contributed by atoms with van der Waals surface area (Å²) >= 11 is 0. The summed E-state index contributed by atoms with van der Waals surface area (Å²) in [5.41, 5.74) is 2.36. The normalized spacial score (nSPS) is 19.9. The number of hydrogen-bond donors (Lipinski definition) is 1. The second-order valence-corrected chi connectivity index (χ2v) is 4.63. The van der Waals surface area contributed by atoms with Crippen LogP contribution in [-0.4, -0.2) is 19.7 Å². The predicted octanol–water partition coefficient (Wildman–Crippen LogP) is 2.92. The molecule has 0 radical (unpaired) electrons. The van der Waals surface area contributed by atoms with Gasteiger partial charge in [0.2, 0.25) is 0 Å². The van der Waals surface area contributed by atoms with Crippen LogP contribution in [0.4, 0.5) is 0 Å². The van der Waals surface area contributed by atoms with Gasteiger partial charge in [0.05, 0.1) is 6.61 Å². The number of benzene rings is 1. The van der Waals surface area contributed by atoms with Crippen molar-refractivity contribution < 1.29 is 9.15 Å². The number of morpholine rings is 1. The lowest BCUT2D eigenvalue weighted by atomic mass is 10.1. The number of ether oxygens (including phenoxy) is 1. The topological polar surface area (TPSA) is 34.4 Å². The summed E-state index contributed by atoms with van der Waals surface area (Å²) in [5.74, 6) is 1.80. The lowest BCUT2D eigenvalue weighted by molar-refractivity contribution is 0.0146. The fourth-order valence-electron chi connectivity index (χ4n) is 2.15. The quantitative estimate of drug-likeness (QED) is 0.880. The maximum Gasteiger partial charge on any atom is 0.134 e. The summed E-state index contributed by atoms with van der Waals surface area (Å²) in [6.07, 6.45) is 0.0398. The third kappa shape index (κ3) is 2.33. The van der Waals surface area contributed by atoms with Gasteiger partial charge in [-0.05, 0) is 19.1 Å². The van der Waals surface area contributed by atoms with Gasteiger partial charge in [0.25, 0.3) is 0 Å². The highest BCUT2D eigenvalue weighted by Crippen LogP contribution is 2.27. The highest BCUT2D eigenvalue weighted by Gasteiger charge is 2.19. The number of hydrogen-bond acceptors (Lipinski definition) is 3. The highest BCUT2D eigenvalue weighted by atomic mass is 16.5. The van der Waals surface area contributed by atoms with Gasteiger partial charge in [-0.3, -0.25) is 0 Å². The molecule has 1 unspecified atom stereocenters. The molecule has 1 aliphatic heterocycles. The lowest BCUT2D eigenvalue weighted by Gasteiger charge is -2.21. The van der Waals surface area contributed by atoms with Crippen LogP contribution in [0, 0.1) is 6.92 Å². The van der Waals surface area contributed by atoms with Gasteiger partial charge in [-0.2, -0.15) is 0 Å². The molecule has 3 rings (SSSR count). The summed E-state index contributed by atoms with van der Waals surface area (Å²) < 4.78 is 11.6. The van der Waals surface area contributed by atoms with Gasteiger partial charge in [0, 0.05) is 18.7 Å². The zero-order valence-corrected chi connectivity index (χ0v) is 10.5. The molecular formula is C15H17NO2. The Balaban J connectivity index is 1.82. The van der Waals surface area contributed by atoms with E-state index in [9.17, 15) is 0 Å². The summed E-state index contributed by atoms with van der Waals surface area (Å²) in [7, 11) is 0. The molecule has 1 aliphatic rings. The Labute approximate surface area is 107 Å². The Morgan fingerprint density at radius 1 is 1.11 bits per heavy atom. The molecule has 1 aromatic heterocycles. The first kappa shape index (κ1) is 11.5. The van der Waals surface area contributed by atoms with E-state index >= 15 is 0 Å². The zero-order valence-electron chi connectivity index (χ0n) is 10.5. The van der Waals surface area contributed by atoms with E-state index in [0.29, 0.717) is 0 Å². The number of nitrogens with one attached hydrogen (secondary N) is 1. The first-order valence-corrected chi connectivity index (χ1v) is 6.32. The Kier molecular flexibility index (Phi) is 3.17. The van der Waals surface area contributed by atoms with E-state index in [1.165, 1.54) is 5.56 Å². The average molecular weight is 243 g/mol. The summed E-state index contributed by atoms with van der Waals surface area (Å²) in [4.78, 5) is 0. The Bertz CT molecular complexity index is 510. The lowest BCUT2D eigenvalue weighted by Crippen LogP contribution is -2.33. The molecular weight excluding hydrogens is 226 g/mol. The van der Waals surface area contributed by atoms with Gasteiger partial charge in [0.15, 0.2) is 0 Å². The van der Waals surface area contributed by atoms with Crippen molar-refractivity contribution in [1.29, 1.82) is 0 Å². The van der Waals surface area contributed by atoms with Crippen LogP contribution >= 0.6 is 0 Å². The maximum absolute atomic E-state index is 5.88. The average Bonchev–Trinajstić information content (AvgIpc) is 2.90. The van der Waals surface area contributed by atoms with Crippen molar-refractivity contribution in [2.75, 3.05) is 19.7 Å². The first-order valence-electron chi connectivity index (χ1n) is 6.32. The molecule has 2 aromatic rings. The van der Waals surface area contributed by atoms with Crippen molar-refractivity contribution in [3.8, 4) is 11.3 Å². The van der Waals surface area contributed by atoms with Gasteiger partial charge in [-0.15, -0.1) is 0 Å². The SMILES string of the molecule is Cc1ccc(-c2ccc(C3CNCCO3)o2)cc1. The van der Waals surface area contributed by atoms with Crippen molar-refractivity contribution in [2.45, 2.75) is 13.0 Å². The van der Waals surface area contributed by atoms with Gasteiger partial charge < -0.3 is 14.5 Å². The van der Waals surface area contributed by atoms with Crippen molar-refractivity contribution in [2.24, 2.45) is 0 Å². The molecule has 1 N–H and O–H groups in total. The molecule has 0 spiro atoms. The van der Waals surface area contributed by atoms with Crippen LogP contribution < -0.4 is 5.32 Å². The van der Waals surface area contributed by atoms with E-state index in [2.05, 4.69) is 36.5 Å². The third-order valence-electron chi connectivity index (χ3n) is 3.21. The van der Waals surface area contributed by atoms with Crippen LogP contribution in [-0.2, 0) is 4.74 Å². The molecule has 1 aromatic carbocycles. The fourth-order valence-corrected chi connectivity index (χ4v) is 2.15. The van der Waals surface area contributed by atoms with Crippen LogP contribution in [0.25, 0.3) is 11.3 Å². The van der Waals surface area contributed by atoms with E-state index in [4.69, 9.17) is 9.15 Å². The first-order chi connectivity index (χ1) is 8.83. The molecule has 1 saturated heterocycles. The molecule has 1 fully saturated rings. The second-order valence-electron chi connectivity index (χ2n) is 4.63. The van der Waals surface area contributed by atoms with E-state index in [1.54, 1.807) is 0 Å². The van der Waals surface area contributed by atoms with Gasteiger partial charge >= 0.3 is 0 Å². The molecule has 0 saturated carbocycles. The summed E-state index contributed by atoms with van der Waals surface area (Å²) in [5, 5.41) is 3.30. The minimum Gasteiger partial charge on any atom is -0.458 e. The van der Waals surface area contributed by atoms with Crippen LogP contribution in [0.1, 0.15) is 17.4 Å². The molecule has 94 valence electrons. The van der Waals surface area contributed by atoms with Gasteiger partial charge in [0.1, 0.15) is 17.6 Å². The molecule has 3 nitrogen and oxygen atoms in total. The predicted molar refractivity (Wildman–Crippen MR) is 70.4 cm³/mol. The van der Waals surface area contributed by atoms with Crippen molar-refractivity contribution >= 4 is 0 Å². The van der Waals surface area contributed by atoms with E-state index in [-0.39, 0.29) is 6.10 Å².